The van der Waals surface area contributed by atoms with E-state index in [1.54, 1.807) is 0 Å². The first-order valence-electron chi connectivity index (χ1n) is 0.667. The average molecular weight is 200 g/mol. The molecule has 5 nitrogen and oxygen atoms in total. The Balaban J connectivity index is -0.0000000800. The van der Waals surface area contributed by atoms with Crippen LogP contribution < -0.4 is 64.3 Å². The van der Waals surface area contributed by atoms with E-state index in [2.05, 4.69) is 0 Å². The van der Waals surface area contributed by atoms with Crippen molar-refractivity contribution in [1.82, 2.24) is 6.15 Å². The third kappa shape index (κ3) is 90.7. The van der Waals surface area contributed by atoms with E-state index in [1.165, 1.54) is 0 Å². The molecule has 0 bridgehead atoms. The van der Waals surface area contributed by atoms with Crippen molar-refractivity contribution < 1.29 is 75.7 Å². The van der Waals surface area contributed by atoms with E-state index in [-0.39, 0.29) is 64.3 Å². The van der Waals surface area contributed by atoms with E-state index in [4.69, 9.17) is 17.5 Å². The predicted molar refractivity (Wildman–Crippen MR) is 16.5 cm³/mol. The molecule has 0 rings (SSSR count). The van der Waals surface area contributed by atoms with E-state index in [0.717, 1.165) is 0 Å². The van der Waals surface area contributed by atoms with Crippen LogP contribution in [0.5, 0.6) is 0 Å². The zero-order valence-electron chi connectivity index (χ0n) is 4.04. The summed E-state index contributed by atoms with van der Waals surface area (Å²) in [5.74, 6) is 0. The summed E-state index contributed by atoms with van der Waals surface area (Å²) in [5.41, 5.74) is 0. The Morgan fingerprint density at radius 3 is 1.14 bits per heavy atom. The molecule has 0 saturated carbocycles. The van der Waals surface area contributed by atoms with E-state index < -0.39 is 10.4 Å². The van der Waals surface area contributed by atoms with E-state index in [1.807, 2.05) is 0 Å². The second kappa shape index (κ2) is 5.77. The summed E-state index contributed by atoms with van der Waals surface area (Å²) >= 11 is 0. The van der Waals surface area contributed by atoms with Crippen molar-refractivity contribution in [2.24, 2.45) is 0 Å². The molecule has 0 radical (unpaired) electrons. The SMILES string of the molecule is O=S(=O)([O-])[O-].[NH4+].[Rb+]. The fourth-order valence-electron chi connectivity index (χ4n) is 0. The van der Waals surface area contributed by atoms with Gasteiger partial charge in [-0.2, -0.15) is 0 Å². The van der Waals surface area contributed by atoms with Gasteiger partial charge in [0.05, 0.1) is 0 Å². The molecule has 0 saturated heterocycles. The molecule has 0 atom stereocenters. The van der Waals surface area contributed by atoms with Gasteiger partial charge in [0.2, 0.25) is 0 Å². The van der Waals surface area contributed by atoms with Gasteiger partial charge in [0.1, 0.15) is 0 Å². The predicted octanol–water partition coefficient (Wildman–Crippen LogP) is -3.96. The van der Waals surface area contributed by atoms with Crippen molar-refractivity contribution in [1.29, 1.82) is 0 Å². The molecular weight excluding hydrogens is 196 g/mol. The molecule has 7 heteroatoms. The monoisotopic (exact) mass is 199 g/mol. The molecule has 0 heterocycles. The summed E-state index contributed by atoms with van der Waals surface area (Å²) in [6.45, 7) is 0. The summed E-state index contributed by atoms with van der Waals surface area (Å²) < 4.78 is 34.1. The molecule has 0 aromatic carbocycles. The van der Waals surface area contributed by atoms with Gasteiger partial charge in [0.25, 0.3) is 0 Å². The Morgan fingerprint density at radius 1 is 1.14 bits per heavy atom. The fourth-order valence-corrected chi connectivity index (χ4v) is 0. The quantitative estimate of drug-likeness (QED) is 0.316. The van der Waals surface area contributed by atoms with Crippen LogP contribution in [0.25, 0.3) is 0 Å². The van der Waals surface area contributed by atoms with Crippen LogP contribution in [0.3, 0.4) is 0 Å². The van der Waals surface area contributed by atoms with Crippen molar-refractivity contribution in [2.75, 3.05) is 0 Å². The molecule has 0 aliphatic rings. The summed E-state index contributed by atoms with van der Waals surface area (Å²) in [4.78, 5) is 0. The molecule has 0 aliphatic heterocycles. The largest absolute Gasteiger partial charge is 1.00 e. The maximum atomic E-state index is 8.52. The summed E-state index contributed by atoms with van der Waals surface area (Å²) in [6.07, 6.45) is 0. The molecule has 0 unspecified atom stereocenters. The van der Waals surface area contributed by atoms with Crippen LogP contribution in [0.2, 0.25) is 0 Å². The van der Waals surface area contributed by atoms with Crippen LogP contribution in [-0.4, -0.2) is 17.5 Å². The van der Waals surface area contributed by atoms with Crippen molar-refractivity contribution in [2.45, 2.75) is 0 Å². The number of hydrogen-bond donors (Lipinski definition) is 1. The van der Waals surface area contributed by atoms with Crippen LogP contribution in [0, 0.1) is 0 Å². The van der Waals surface area contributed by atoms with Gasteiger partial charge in [-0.1, -0.05) is 0 Å². The Kier molecular flexibility index (Phi) is 13.1. The standard InChI is InChI=1S/H3N.H2O4S.Rb/c;1-5(2,3)4;/h1H3;(H2,1,2,3,4);/q;;+1/p-1. The fraction of sp³-hybridized carbons (Fsp3) is 0. The van der Waals surface area contributed by atoms with Gasteiger partial charge >= 0.3 is 58.2 Å². The first kappa shape index (κ1) is 15.9. The van der Waals surface area contributed by atoms with Gasteiger partial charge in [-0.3, -0.25) is 8.42 Å². The van der Waals surface area contributed by atoms with E-state index >= 15 is 0 Å². The molecule has 0 spiro atoms. The minimum Gasteiger partial charge on any atom is -0.759 e. The smallest absolute Gasteiger partial charge is 0.759 e. The van der Waals surface area contributed by atoms with Crippen LogP contribution in [0.15, 0.2) is 0 Å². The first-order valence-corrected chi connectivity index (χ1v) is 2.00. The van der Waals surface area contributed by atoms with Crippen molar-refractivity contribution in [3.05, 3.63) is 0 Å². The Bertz CT molecular complexity index is 94.9. The molecule has 0 aromatic rings. The van der Waals surface area contributed by atoms with Crippen LogP contribution >= 0.6 is 0 Å². The van der Waals surface area contributed by atoms with Gasteiger partial charge in [-0.25, -0.2) is 0 Å². The molecule has 7 heavy (non-hydrogen) atoms. The first-order chi connectivity index (χ1) is 2.00. The van der Waals surface area contributed by atoms with Crippen molar-refractivity contribution in [3.63, 3.8) is 0 Å². The minimum atomic E-state index is -5.17. The van der Waals surface area contributed by atoms with Gasteiger partial charge in [-0.15, -0.1) is 0 Å². The zero-order valence-corrected chi connectivity index (χ0v) is 9.77. The number of rotatable bonds is 0. The molecule has 0 aliphatic carbocycles. The zero-order chi connectivity index (χ0) is 4.50. The topological polar surface area (TPSA) is 117 Å². The van der Waals surface area contributed by atoms with Crippen molar-refractivity contribution in [3.8, 4) is 0 Å². The molecule has 0 aromatic heterocycles. The maximum Gasteiger partial charge on any atom is 1.00 e. The average Bonchev–Trinajstić information content (AvgIpc) is 0.722. The number of quaternary nitrogens is 1. The molecule has 40 valence electrons. The van der Waals surface area contributed by atoms with Gasteiger partial charge in [0.15, 0.2) is 0 Å². The summed E-state index contributed by atoms with van der Waals surface area (Å²) in [5, 5.41) is 0. The molecular formula is H4NO4RbS. The molecule has 0 fully saturated rings. The molecule has 0 amide bonds. The number of hydrogen-bond acceptors (Lipinski definition) is 4. The third-order valence-electron chi connectivity index (χ3n) is 0. The second-order valence-corrected chi connectivity index (χ2v) is 1.22. The third-order valence-corrected chi connectivity index (χ3v) is 0. The Morgan fingerprint density at radius 2 is 1.14 bits per heavy atom. The van der Waals surface area contributed by atoms with Crippen LogP contribution in [0.4, 0.5) is 0 Å². The second-order valence-electron chi connectivity index (χ2n) is 0.408. The Labute approximate surface area is 90.4 Å². The van der Waals surface area contributed by atoms with E-state index in [9.17, 15) is 0 Å². The van der Waals surface area contributed by atoms with Crippen LogP contribution in [-0.2, 0) is 10.4 Å². The van der Waals surface area contributed by atoms with E-state index in [0.29, 0.717) is 0 Å². The minimum absolute atomic E-state index is 0. The summed E-state index contributed by atoms with van der Waals surface area (Å²) in [6, 6.07) is 0. The van der Waals surface area contributed by atoms with Gasteiger partial charge in [0, 0.05) is 10.4 Å². The normalized spacial score (nSPS) is 8.29. The van der Waals surface area contributed by atoms with Crippen molar-refractivity contribution >= 4 is 10.4 Å². The maximum absolute atomic E-state index is 8.52. The Hall–Kier alpha value is 1.64. The summed E-state index contributed by atoms with van der Waals surface area (Å²) in [7, 11) is -5.17. The molecule has 4 N–H and O–H groups in total. The van der Waals surface area contributed by atoms with Gasteiger partial charge in [-0.05, 0) is 0 Å². The van der Waals surface area contributed by atoms with Gasteiger partial charge < -0.3 is 15.3 Å². The van der Waals surface area contributed by atoms with Crippen LogP contribution in [0.1, 0.15) is 0 Å².